The molecule has 1 amide bonds. The van der Waals surface area contributed by atoms with Gasteiger partial charge in [-0.3, -0.25) is 4.79 Å². The maximum absolute atomic E-state index is 12.7. The number of hydrogen-bond acceptors (Lipinski definition) is 5. The standard InChI is InChI=1S/C20H17ClN6OS/c1-26-10-9-22-20(26)29-18-8-7-15(21)11-16(18)23-19(28)17-13-27(25-24-17)12-14-5-3-2-4-6-14/h2-11,13H,12H2,1H3,(H,23,28). The molecule has 4 rings (SSSR count). The average Bonchev–Trinajstić information content (AvgIpc) is 3.34. The van der Waals surface area contributed by atoms with E-state index in [1.54, 1.807) is 29.2 Å². The van der Waals surface area contributed by atoms with Gasteiger partial charge in [-0.1, -0.05) is 47.1 Å². The fourth-order valence-electron chi connectivity index (χ4n) is 2.67. The molecule has 2 heterocycles. The molecule has 2 aromatic carbocycles. The van der Waals surface area contributed by atoms with Crippen LogP contribution in [0.5, 0.6) is 0 Å². The summed E-state index contributed by atoms with van der Waals surface area (Å²) < 4.78 is 3.53. The van der Waals surface area contributed by atoms with Crippen LogP contribution in [0.4, 0.5) is 5.69 Å². The number of halogens is 1. The minimum absolute atomic E-state index is 0.230. The lowest BCUT2D eigenvalue weighted by atomic mass is 10.2. The van der Waals surface area contributed by atoms with Gasteiger partial charge in [-0.25, -0.2) is 9.67 Å². The Bertz CT molecular complexity index is 1140. The molecule has 0 radical (unpaired) electrons. The van der Waals surface area contributed by atoms with E-state index in [9.17, 15) is 4.79 Å². The van der Waals surface area contributed by atoms with Crippen LogP contribution in [-0.4, -0.2) is 30.5 Å². The predicted octanol–water partition coefficient (Wildman–Crippen LogP) is 4.12. The Kier molecular flexibility index (Phi) is 5.64. The van der Waals surface area contributed by atoms with E-state index >= 15 is 0 Å². The molecule has 0 aliphatic rings. The highest BCUT2D eigenvalue weighted by Crippen LogP contribution is 2.34. The molecule has 29 heavy (non-hydrogen) atoms. The quantitative estimate of drug-likeness (QED) is 0.503. The monoisotopic (exact) mass is 424 g/mol. The highest BCUT2D eigenvalue weighted by molar-refractivity contribution is 7.99. The topological polar surface area (TPSA) is 77.6 Å². The number of anilines is 1. The number of benzene rings is 2. The molecule has 146 valence electrons. The maximum Gasteiger partial charge on any atom is 0.277 e. The molecule has 9 heteroatoms. The van der Waals surface area contributed by atoms with Crippen LogP contribution in [0.3, 0.4) is 0 Å². The van der Waals surface area contributed by atoms with Crippen molar-refractivity contribution in [3.8, 4) is 0 Å². The fraction of sp³-hybridized carbons (Fsp3) is 0.100. The molecule has 0 aliphatic heterocycles. The normalized spacial score (nSPS) is 10.8. The van der Waals surface area contributed by atoms with E-state index in [1.807, 2.05) is 54.2 Å². The van der Waals surface area contributed by atoms with Gasteiger partial charge in [-0.05, 0) is 35.5 Å². The second kappa shape index (κ2) is 8.50. The molecule has 4 aromatic rings. The summed E-state index contributed by atoms with van der Waals surface area (Å²) >= 11 is 7.58. The van der Waals surface area contributed by atoms with Crippen molar-refractivity contribution in [2.24, 2.45) is 7.05 Å². The van der Waals surface area contributed by atoms with Crippen LogP contribution in [0.25, 0.3) is 0 Å². The third kappa shape index (κ3) is 4.67. The lowest BCUT2D eigenvalue weighted by molar-refractivity contribution is 0.102. The molecule has 0 saturated carbocycles. The first-order valence-corrected chi connectivity index (χ1v) is 9.98. The summed E-state index contributed by atoms with van der Waals surface area (Å²) in [6, 6.07) is 15.2. The number of aromatic nitrogens is 5. The zero-order chi connectivity index (χ0) is 20.2. The number of nitrogens with zero attached hydrogens (tertiary/aromatic N) is 5. The summed E-state index contributed by atoms with van der Waals surface area (Å²) in [5, 5.41) is 12.3. The van der Waals surface area contributed by atoms with Gasteiger partial charge >= 0.3 is 0 Å². The van der Waals surface area contributed by atoms with Gasteiger partial charge in [-0.2, -0.15) is 0 Å². The summed E-state index contributed by atoms with van der Waals surface area (Å²) in [6.45, 7) is 0.540. The van der Waals surface area contributed by atoms with E-state index < -0.39 is 0 Å². The van der Waals surface area contributed by atoms with Crippen molar-refractivity contribution >= 4 is 35.0 Å². The summed E-state index contributed by atoms with van der Waals surface area (Å²) in [7, 11) is 1.91. The van der Waals surface area contributed by atoms with E-state index in [0.717, 1.165) is 15.6 Å². The van der Waals surface area contributed by atoms with Crippen molar-refractivity contribution < 1.29 is 4.79 Å². The molecule has 7 nitrogen and oxygen atoms in total. The Hall–Kier alpha value is -3.10. The van der Waals surface area contributed by atoms with Crippen LogP contribution < -0.4 is 5.32 Å². The lowest BCUT2D eigenvalue weighted by Gasteiger charge is -2.10. The summed E-state index contributed by atoms with van der Waals surface area (Å²) in [5.41, 5.74) is 1.90. The number of carbonyl (C=O) groups excluding carboxylic acids is 1. The van der Waals surface area contributed by atoms with E-state index in [1.165, 1.54) is 11.8 Å². The van der Waals surface area contributed by atoms with Crippen molar-refractivity contribution in [3.63, 3.8) is 0 Å². The second-order valence-electron chi connectivity index (χ2n) is 6.30. The third-order valence-corrected chi connectivity index (χ3v) is 5.51. The summed E-state index contributed by atoms with van der Waals surface area (Å²) in [4.78, 5) is 17.8. The minimum atomic E-state index is -0.353. The van der Waals surface area contributed by atoms with Gasteiger partial charge in [0.25, 0.3) is 5.91 Å². The molecule has 0 bridgehead atoms. The number of imidazole rings is 1. The molecule has 1 N–H and O–H groups in total. The van der Waals surface area contributed by atoms with Crippen molar-refractivity contribution in [1.29, 1.82) is 0 Å². The highest BCUT2D eigenvalue weighted by Gasteiger charge is 2.15. The first-order chi connectivity index (χ1) is 14.1. The van der Waals surface area contributed by atoms with E-state index in [4.69, 9.17) is 11.6 Å². The molecular formula is C20H17ClN6OS. The SMILES string of the molecule is Cn1ccnc1Sc1ccc(Cl)cc1NC(=O)c1cn(Cc2ccccc2)nn1. The number of rotatable bonds is 6. The van der Waals surface area contributed by atoms with Gasteiger partial charge in [0.05, 0.1) is 18.4 Å². The largest absolute Gasteiger partial charge is 0.329 e. The Labute approximate surface area is 176 Å². The van der Waals surface area contributed by atoms with Gasteiger partial charge < -0.3 is 9.88 Å². The van der Waals surface area contributed by atoms with Gasteiger partial charge in [0, 0.05) is 29.4 Å². The van der Waals surface area contributed by atoms with Crippen LogP contribution >= 0.6 is 23.4 Å². The van der Waals surface area contributed by atoms with Gasteiger partial charge in [0.2, 0.25) is 0 Å². The van der Waals surface area contributed by atoms with E-state index in [-0.39, 0.29) is 11.6 Å². The fourth-order valence-corrected chi connectivity index (χ4v) is 3.72. The molecule has 0 fully saturated rings. The smallest absolute Gasteiger partial charge is 0.277 e. The van der Waals surface area contributed by atoms with Gasteiger partial charge in [0.1, 0.15) is 0 Å². The first kappa shape index (κ1) is 19.2. The molecule has 0 spiro atoms. The van der Waals surface area contributed by atoms with E-state index in [0.29, 0.717) is 17.3 Å². The number of aryl methyl sites for hydroxylation is 1. The molecule has 0 atom stereocenters. The average molecular weight is 425 g/mol. The van der Waals surface area contributed by atoms with Gasteiger partial charge in [-0.15, -0.1) is 5.10 Å². The Morgan fingerprint density at radius 1 is 1.21 bits per heavy atom. The highest BCUT2D eigenvalue weighted by atomic mass is 35.5. The molecule has 2 aromatic heterocycles. The minimum Gasteiger partial charge on any atom is -0.329 e. The van der Waals surface area contributed by atoms with Gasteiger partial charge in [0.15, 0.2) is 10.9 Å². The molecule has 0 unspecified atom stereocenters. The second-order valence-corrected chi connectivity index (χ2v) is 7.75. The predicted molar refractivity (Wildman–Crippen MR) is 112 cm³/mol. The first-order valence-electron chi connectivity index (χ1n) is 8.78. The zero-order valence-corrected chi connectivity index (χ0v) is 17.1. The third-order valence-electron chi connectivity index (χ3n) is 4.13. The zero-order valence-electron chi connectivity index (χ0n) is 15.5. The van der Waals surface area contributed by atoms with Crippen molar-refractivity contribution in [2.75, 3.05) is 5.32 Å². The Balaban J connectivity index is 1.51. The van der Waals surface area contributed by atoms with Crippen LogP contribution in [0.2, 0.25) is 5.02 Å². The number of nitrogens with one attached hydrogen (secondary N) is 1. The number of carbonyl (C=O) groups is 1. The van der Waals surface area contributed by atoms with Crippen molar-refractivity contribution in [3.05, 3.63) is 83.4 Å². The molecular weight excluding hydrogens is 408 g/mol. The van der Waals surface area contributed by atoms with Crippen molar-refractivity contribution in [2.45, 2.75) is 16.6 Å². The van der Waals surface area contributed by atoms with Crippen molar-refractivity contribution in [1.82, 2.24) is 24.5 Å². The summed E-state index contributed by atoms with van der Waals surface area (Å²) in [5.74, 6) is -0.353. The Morgan fingerprint density at radius 2 is 2.03 bits per heavy atom. The van der Waals surface area contributed by atoms with Crippen LogP contribution in [-0.2, 0) is 13.6 Å². The van der Waals surface area contributed by atoms with E-state index in [2.05, 4.69) is 20.6 Å². The number of hydrogen-bond donors (Lipinski definition) is 1. The maximum atomic E-state index is 12.7. The summed E-state index contributed by atoms with van der Waals surface area (Å²) in [6.07, 6.45) is 5.21. The van der Waals surface area contributed by atoms with Crippen LogP contribution in [0, 0.1) is 0 Å². The lowest BCUT2D eigenvalue weighted by Crippen LogP contribution is -2.13. The molecule has 0 saturated heterocycles. The van der Waals surface area contributed by atoms with Crippen LogP contribution in [0.1, 0.15) is 16.1 Å². The van der Waals surface area contributed by atoms with Crippen LogP contribution in [0.15, 0.2) is 77.2 Å². The molecule has 0 aliphatic carbocycles. The number of amides is 1. The Morgan fingerprint density at radius 3 is 2.79 bits per heavy atom.